The van der Waals surface area contributed by atoms with E-state index in [0.29, 0.717) is 40.9 Å². The lowest BCUT2D eigenvalue weighted by Crippen LogP contribution is -2.29. The number of benzene rings is 1. The molecule has 3 aromatic rings. The molecule has 4 rings (SSSR count). The molecule has 2 aromatic heterocycles. The summed E-state index contributed by atoms with van der Waals surface area (Å²) >= 11 is 0. The molecule has 0 unspecified atom stereocenters. The number of nitrogens with zero attached hydrogens (tertiary/aromatic N) is 3. The van der Waals surface area contributed by atoms with Gasteiger partial charge in [-0.1, -0.05) is 0 Å². The average Bonchev–Trinajstić information content (AvgIpc) is 3.26. The molecular formula is C20H20F3N5O3. The van der Waals surface area contributed by atoms with Gasteiger partial charge < -0.3 is 20.8 Å². The first kappa shape index (κ1) is 22.2. The minimum absolute atomic E-state index is 0.181. The van der Waals surface area contributed by atoms with Gasteiger partial charge in [-0.25, -0.2) is 0 Å². The van der Waals surface area contributed by atoms with Crippen LogP contribution in [0.1, 0.15) is 18.4 Å². The molecule has 0 spiro atoms. The first-order chi connectivity index (χ1) is 14.8. The third-order valence-electron chi connectivity index (χ3n) is 4.84. The van der Waals surface area contributed by atoms with Gasteiger partial charge in [-0.3, -0.25) is 9.78 Å². The lowest BCUT2D eigenvalue weighted by atomic mass is 10.0. The number of aromatic hydroxyl groups is 1. The van der Waals surface area contributed by atoms with E-state index in [1.807, 2.05) is 0 Å². The molecule has 4 N–H and O–H groups in total. The lowest BCUT2D eigenvalue weighted by molar-refractivity contribution is -0.137. The number of nitrogens with one attached hydrogen (secondary N) is 2. The Balaban J connectivity index is 0.000000858. The summed E-state index contributed by atoms with van der Waals surface area (Å²) in [5.41, 5.74) is -0.441. The van der Waals surface area contributed by atoms with Crippen LogP contribution in [0.15, 0.2) is 36.7 Å². The first-order valence-corrected chi connectivity index (χ1v) is 9.41. The van der Waals surface area contributed by atoms with Gasteiger partial charge in [0.05, 0.1) is 5.56 Å². The average molecular weight is 435 g/mol. The molecule has 1 aromatic carbocycles. The van der Waals surface area contributed by atoms with E-state index in [4.69, 9.17) is 9.90 Å². The second kappa shape index (κ2) is 9.56. The van der Waals surface area contributed by atoms with Crippen LogP contribution in [0, 0.1) is 0 Å². The summed E-state index contributed by atoms with van der Waals surface area (Å²) in [4.78, 5) is 12.5. The predicted molar refractivity (Wildman–Crippen MR) is 108 cm³/mol. The second-order valence-corrected chi connectivity index (χ2v) is 6.83. The Hall–Kier alpha value is -3.47. The molecule has 8 nitrogen and oxygen atoms in total. The highest BCUT2D eigenvalue weighted by Crippen LogP contribution is 2.38. The predicted octanol–water partition coefficient (Wildman–Crippen LogP) is 3.28. The Kier molecular flexibility index (Phi) is 6.85. The molecule has 0 amide bonds. The number of phenolic OH excluding ortho intramolecular Hbond substituents is 1. The van der Waals surface area contributed by atoms with E-state index in [0.717, 1.165) is 25.5 Å². The number of fused-ring (bicyclic) bond motifs is 1. The van der Waals surface area contributed by atoms with Crippen LogP contribution in [0.5, 0.6) is 5.75 Å². The van der Waals surface area contributed by atoms with Crippen LogP contribution < -0.4 is 10.6 Å². The topological polar surface area (TPSA) is 120 Å². The Bertz CT molecular complexity index is 1060. The quantitative estimate of drug-likeness (QED) is 0.461. The van der Waals surface area contributed by atoms with Gasteiger partial charge in [0.15, 0.2) is 5.82 Å². The van der Waals surface area contributed by atoms with Gasteiger partial charge >= 0.3 is 6.18 Å². The molecule has 1 aliphatic heterocycles. The highest BCUT2D eigenvalue weighted by Gasteiger charge is 2.31. The van der Waals surface area contributed by atoms with Crippen molar-refractivity contribution in [1.29, 1.82) is 0 Å². The molecule has 0 aliphatic carbocycles. The van der Waals surface area contributed by atoms with E-state index in [1.54, 1.807) is 18.5 Å². The van der Waals surface area contributed by atoms with Crippen molar-refractivity contribution in [2.75, 3.05) is 18.4 Å². The third-order valence-corrected chi connectivity index (χ3v) is 4.84. The van der Waals surface area contributed by atoms with Crippen molar-refractivity contribution in [2.24, 2.45) is 0 Å². The van der Waals surface area contributed by atoms with Gasteiger partial charge in [0.2, 0.25) is 0 Å². The highest BCUT2D eigenvalue weighted by atomic mass is 19.4. The zero-order valence-electron chi connectivity index (χ0n) is 16.2. The molecule has 0 saturated carbocycles. The molecule has 0 bridgehead atoms. The molecule has 1 fully saturated rings. The van der Waals surface area contributed by atoms with E-state index < -0.39 is 17.5 Å². The molecule has 1 saturated heterocycles. The van der Waals surface area contributed by atoms with Gasteiger partial charge in [-0.05, 0) is 43.7 Å². The zero-order chi connectivity index (χ0) is 22.4. The Labute approximate surface area is 175 Å². The van der Waals surface area contributed by atoms with Crippen LogP contribution >= 0.6 is 0 Å². The number of rotatable bonds is 4. The number of hydrogen-bond donors (Lipinski definition) is 4. The third kappa shape index (κ3) is 5.18. The maximum absolute atomic E-state index is 12.9. The molecule has 3 heterocycles. The van der Waals surface area contributed by atoms with Crippen molar-refractivity contribution in [1.82, 2.24) is 20.5 Å². The Morgan fingerprint density at radius 2 is 2.00 bits per heavy atom. The Morgan fingerprint density at radius 1 is 1.23 bits per heavy atom. The zero-order valence-corrected chi connectivity index (χ0v) is 16.2. The van der Waals surface area contributed by atoms with E-state index >= 15 is 0 Å². The van der Waals surface area contributed by atoms with E-state index in [2.05, 4.69) is 25.8 Å². The summed E-state index contributed by atoms with van der Waals surface area (Å²) in [6.07, 6.45) is 0.867. The fourth-order valence-electron chi connectivity index (χ4n) is 3.39. The molecular weight excluding hydrogens is 415 g/mol. The molecule has 31 heavy (non-hydrogen) atoms. The van der Waals surface area contributed by atoms with Gasteiger partial charge in [-0.2, -0.15) is 13.2 Å². The number of alkyl halides is 3. The van der Waals surface area contributed by atoms with Crippen molar-refractivity contribution >= 4 is 23.1 Å². The lowest BCUT2D eigenvalue weighted by Gasteiger charge is -2.15. The fourth-order valence-corrected chi connectivity index (χ4v) is 3.39. The summed E-state index contributed by atoms with van der Waals surface area (Å²) in [6, 6.07) is 4.88. The van der Waals surface area contributed by atoms with Gasteiger partial charge in [0.1, 0.15) is 11.4 Å². The number of phenols is 1. The van der Waals surface area contributed by atoms with Crippen LogP contribution in [0.2, 0.25) is 0 Å². The van der Waals surface area contributed by atoms with Crippen LogP contribution in [0.3, 0.4) is 0 Å². The SMILES string of the molecule is O=CO.Oc1cc(C(F)(F)F)ccc1-c1nnc(NC[C@@H]2CCCN2)c2cnccc12. The minimum atomic E-state index is -4.53. The molecule has 11 heteroatoms. The van der Waals surface area contributed by atoms with Crippen LogP contribution in [-0.2, 0) is 11.0 Å². The number of pyridine rings is 1. The summed E-state index contributed by atoms with van der Waals surface area (Å²) in [5.74, 6) is 0.0463. The van der Waals surface area contributed by atoms with Gasteiger partial charge in [0, 0.05) is 41.3 Å². The van der Waals surface area contributed by atoms with E-state index in [9.17, 15) is 18.3 Å². The number of anilines is 1. The maximum atomic E-state index is 12.9. The van der Waals surface area contributed by atoms with Crippen LogP contribution in [0.4, 0.5) is 19.0 Å². The normalized spacial score (nSPS) is 15.9. The summed E-state index contributed by atoms with van der Waals surface area (Å²) in [6.45, 7) is 1.43. The fraction of sp³-hybridized carbons (Fsp3) is 0.300. The number of hydrogen-bond acceptors (Lipinski definition) is 7. The Morgan fingerprint density at radius 3 is 2.65 bits per heavy atom. The van der Waals surface area contributed by atoms with Crippen molar-refractivity contribution in [3.05, 3.63) is 42.2 Å². The van der Waals surface area contributed by atoms with E-state index in [1.165, 1.54) is 6.07 Å². The van der Waals surface area contributed by atoms with Gasteiger partial charge in [0.25, 0.3) is 6.47 Å². The van der Waals surface area contributed by atoms with E-state index in [-0.39, 0.29) is 12.0 Å². The first-order valence-electron chi connectivity index (χ1n) is 9.41. The summed E-state index contributed by atoms with van der Waals surface area (Å²) < 4.78 is 38.6. The standard InChI is InChI=1S/C19H18F3N5O.CH2O2/c20-19(21,22)11-3-4-14(16(28)8-11)17-13-5-7-23-10-15(13)18(27-26-17)25-9-12-2-1-6-24-12;2-1-3/h3-5,7-8,10,12,24,28H,1-2,6,9H2,(H,25,27);1H,(H,2,3)/t12-;/m0./s1. The van der Waals surface area contributed by atoms with Crippen molar-refractivity contribution in [3.63, 3.8) is 0 Å². The maximum Gasteiger partial charge on any atom is 0.416 e. The monoisotopic (exact) mass is 435 g/mol. The molecule has 0 radical (unpaired) electrons. The number of aromatic nitrogens is 3. The number of carbonyl (C=O) groups is 1. The van der Waals surface area contributed by atoms with Gasteiger partial charge in [-0.15, -0.1) is 10.2 Å². The smallest absolute Gasteiger partial charge is 0.416 e. The van der Waals surface area contributed by atoms with Crippen LogP contribution in [0.25, 0.3) is 22.0 Å². The summed E-state index contributed by atoms with van der Waals surface area (Å²) in [7, 11) is 0. The largest absolute Gasteiger partial charge is 0.507 e. The molecule has 1 atom stereocenters. The van der Waals surface area contributed by atoms with Crippen molar-refractivity contribution in [3.8, 4) is 17.0 Å². The number of halogens is 3. The second-order valence-electron chi connectivity index (χ2n) is 6.83. The molecule has 1 aliphatic rings. The van der Waals surface area contributed by atoms with Crippen molar-refractivity contribution in [2.45, 2.75) is 25.1 Å². The number of carboxylic acid groups (broad SMARTS) is 1. The summed E-state index contributed by atoms with van der Waals surface area (Å²) in [5, 5.41) is 33.4. The van der Waals surface area contributed by atoms with Crippen molar-refractivity contribution < 1.29 is 28.2 Å². The highest BCUT2D eigenvalue weighted by molar-refractivity contribution is 6.00. The minimum Gasteiger partial charge on any atom is -0.507 e. The molecule has 164 valence electrons. The van der Waals surface area contributed by atoms with Crippen LogP contribution in [-0.4, -0.2) is 51.0 Å².